The third-order valence-corrected chi connectivity index (χ3v) is 2.41. The van der Waals surface area contributed by atoms with Crippen molar-refractivity contribution in [3.05, 3.63) is 48.0 Å². The lowest BCUT2D eigenvalue weighted by Gasteiger charge is -2.06. The van der Waals surface area contributed by atoms with Crippen LogP contribution in [-0.2, 0) is 6.54 Å². The fraction of sp³-hybridized carbons (Fsp3) is 0.214. The highest BCUT2D eigenvalue weighted by molar-refractivity contribution is 5.39. The Morgan fingerprint density at radius 2 is 2.32 bits per heavy atom. The lowest BCUT2D eigenvalue weighted by atomic mass is 10.2. The Balaban J connectivity index is 1.92. The van der Waals surface area contributed by atoms with Crippen LogP contribution >= 0.6 is 0 Å². The highest BCUT2D eigenvalue weighted by atomic mass is 19.1. The standard InChI is InChI=1S/C14H14FN3O/c15-14-11-13(5-4-12(14)3-1-6-16)19-10-9-18-8-2-7-17-18/h2,4-5,7-8,11H,6,9-10,16H2. The van der Waals surface area contributed by atoms with Crippen LogP contribution < -0.4 is 10.5 Å². The van der Waals surface area contributed by atoms with Gasteiger partial charge in [0.15, 0.2) is 0 Å². The van der Waals surface area contributed by atoms with E-state index in [1.807, 2.05) is 12.3 Å². The summed E-state index contributed by atoms with van der Waals surface area (Å²) in [5.41, 5.74) is 5.56. The normalized spacial score (nSPS) is 9.79. The molecular formula is C14H14FN3O. The molecule has 0 atom stereocenters. The second-order valence-corrected chi connectivity index (χ2v) is 3.77. The first-order valence-corrected chi connectivity index (χ1v) is 5.88. The molecule has 0 unspecified atom stereocenters. The van der Waals surface area contributed by atoms with Crippen LogP contribution in [0.4, 0.5) is 4.39 Å². The molecule has 4 nitrogen and oxygen atoms in total. The molecule has 2 aromatic rings. The van der Waals surface area contributed by atoms with E-state index in [2.05, 4.69) is 16.9 Å². The van der Waals surface area contributed by atoms with Gasteiger partial charge in [-0.1, -0.05) is 11.8 Å². The fourth-order valence-electron chi connectivity index (χ4n) is 1.52. The number of benzene rings is 1. The molecule has 0 saturated carbocycles. The van der Waals surface area contributed by atoms with Crippen molar-refractivity contribution in [2.75, 3.05) is 13.2 Å². The molecule has 19 heavy (non-hydrogen) atoms. The minimum Gasteiger partial charge on any atom is -0.492 e. The van der Waals surface area contributed by atoms with Crippen LogP contribution in [-0.4, -0.2) is 22.9 Å². The van der Waals surface area contributed by atoms with Gasteiger partial charge in [-0.25, -0.2) is 4.39 Å². The Kier molecular flexibility index (Phi) is 4.54. The van der Waals surface area contributed by atoms with Crippen molar-refractivity contribution in [2.45, 2.75) is 6.54 Å². The quantitative estimate of drug-likeness (QED) is 0.845. The van der Waals surface area contributed by atoms with Gasteiger partial charge in [-0.3, -0.25) is 4.68 Å². The number of rotatable bonds is 4. The molecule has 1 aromatic heterocycles. The number of hydrogen-bond acceptors (Lipinski definition) is 3. The fourth-order valence-corrected chi connectivity index (χ4v) is 1.52. The zero-order chi connectivity index (χ0) is 13.5. The van der Waals surface area contributed by atoms with Crippen molar-refractivity contribution >= 4 is 0 Å². The van der Waals surface area contributed by atoms with Gasteiger partial charge in [-0.05, 0) is 18.2 Å². The largest absolute Gasteiger partial charge is 0.492 e. The number of halogens is 1. The van der Waals surface area contributed by atoms with E-state index in [1.54, 1.807) is 23.0 Å². The molecule has 0 bridgehead atoms. The van der Waals surface area contributed by atoms with Gasteiger partial charge < -0.3 is 10.5 Å². The summed E-state index contributed by atoms with van der Waals surface area (Å²) >= 11 is 0. The summed E-state index contributed by atoms with van der Waals surface area (Å²) in [5.74, 6) is 5.34. The van der Waals surface area contributed by atoms with E-state index in [-0.39, 0.29) is 6.54 Å². The summed E-state index contributed by atoms with van der Waals surface area (Å²) in [4.78, 5) is 0. The predicted molar refractivity (Wildman–Crippen MR) is 70.1 cm³/mol. The minimum atomic E-state index is -0.405. The van der Waals surface area contributed by atoms with Crippen LogP contribution in [0.2, 0.25) is 0 Å². The second-order valence-electron chi connectivity index (χ2n) is 3.77. The summed E-state index contributed by atoms with van der Waals surface area (Å²) in [6, 6.07) is 6.43. The molecule has 0 saturated heterocycles. The lowest BCUT2D eigenvalue weighted by Crippen LogP contribution is -2.08. The van der Waals surface area contributed by atoms with Crippen molar-refractivity contribution < 1.29 is 9.13 Å². The summed E-state index contributed by atoms with van der Waals surface area (Å²) in [5, 5.41) is 4.05. The van der Waals surface area contributed by atoms with Crippen LogP contribution in [0, 0.1) is 17.7 Å². The highest BCUT2D eigenvalue weighted by Gasteiger charge is 2.02. The Labute approximate surface area is 111 Å². The summed E-state index contributed by atoms with van der Waals surface area (Å²) in [7, 11) is 0. The molecule has 1 heterocycles. The Morgan fingerprint density at radius 3 is 3.00 bits per heavy atom. The molecule has 2 N–H and O–H groups in total. The molecule has 2 rings (SSSR count). The molecule has 0 amide bonds. The topological polar surface area (TPSA) is 53.1 Å². The number of ether oxygens (including phenoxy) is 1. The lowest BCUT2D eigenvalue weighted by molar-refractivity contribution is 0.290. The highest BCUT2D eigenvalue weighted by Crippen LogP contribution is 2.16. The van der Waals surface area contributed by atoms with E-state index in [9.17, 15) is 4.39 Å². The first-order valence-electron chi connectivity index (χ1n) is 5.88. The average Bonchev–Trinajstić information content (AvgIpc) is 2.91. The number of hydrogen-bond donors (Lipinski definition) is 1. The van der Waals surface area contributed by atoms with Crippen molar-refractivity contribution in [3.8, 4) is 17.6 Å². The third kappa shape index (κ3) is 3.83. The van der Waals surface area contributed by atoms with E-state index in [4.69, 9.17) is 10.5 Å². The maximum absolute atomic E-state index is 13.6. The predicted octanol–water partition coefficient (Wildman–Crippen LogP) is 1.41. The minimum absolute atomic E-state index is 0.210. The van der Waals surface area contributed by atoms with E-state index < -0.39 is 5.82 Å². The first kappa shape index (κ1) is 13.1. The Hall–Kier alpha value is -2.32. The van der Waals surface area contributed by atoms with E-state index >= 15 is 0 Å². The summed E-state index contributed by atoms with van der Waals surface area (Å²) in [6.45, 7) is 1.25. The van der Waals surface area contributed by atoms with Crippen LogP contribution in [0.5, 0.6) is 5.75 Å². The smallest absolute Gasteiger partial charge is 0.142 e. The zero-order valence-corrected chi connectivity index (χ0v) is 10.3. The number of nitrogens with zero attached hydrogens (tertiary/aromatic N) is 2. The van der Waals surface area contributed by atoms with E-state index in [0.29, 0.717) is 24.5 Å². The van der Waals surface area contributed by atoms with Crippen LogP contribution in [0.1, 0.15) is 5.56 Å². The van der Waals surface area contributed by atoms with Gasteiger partial charge in [0.05, 0.1) is 18.7 Å². The monoisotopic (exact) mass is 259 g/mol. The zero-order valence-electron chi connectivity index (χ0n) is 10.3. The Morgan fingerprint density at radius 1 is 1.42 bits per heavy atom. The number of nitrogens with two attached hydrogens (primary N) is 1. The molecule has 98 valence electrons. The van der Waals surface area contributed by atoms with Crippen LogP contribution in [0.25, 0.3) is 0 Å². The molecular weight excluding hydrogens is 245 g/mol. The van der Waals surface area contributed by atoms with Gasteiger partial charge in [-0.2, -0.15) is 5.10 Å². The molecule has 0 fully saturated rings. The molecule has 0 aliphatic rings. The second kappa shape index (κ2) is 6.57. The van der Waals surface area contributed by atoms with Crippen molar-refractivity contribution in [2.24, 2.45) is 5.73 Å². The van der Waals surface area contributed by atoms with Crippen LogP contribution in [0.15, 0.2) is 36.7 Å². The van der Waals surface area contributed by atoms with E-state index in [0.717, 1.165) is 0 Å². The summed E-state index contributed by atoms with van der Waals surface area (Å²) < 4.78 is 20.8. The first-order chi connectivity index (χ1) is 9.29. The average molecular weight is 259 g/mol. The maximum Gasteiger partial charge on any atom is 0.142 e. The van der Waals surface area contributed by atoms with Gasteiger partial charge in [0, 0.05) is 18.5 Å². The van der Waals surface area contributed by atoms with Crippen LogP contribution in [0.3, 0.4) is 0 Å². The van der Waals surface area contributed by atoms with Gasteiger partial charge in [-0.15, -0.1) is 0 Å². The Bertz CT molecular complexity index is 584. The van der Waals surface area contributed by atoms with Crippen molar-refractivity contribution in [1.82, 2.24) is 9.78 Å². The molecule has 0 spiro atoms. The van der Waals surface area contributed by atoms with Gasteiger partial charge in [0.25, 0.3) is 0 Å². The maximum atomic E-state index is 13.6. The van der Waals surface area contributed by atoms with Gasteiger partial charge in [0.2, 0.25) is 0 Å². The van der Waals surface area contributed by atoms with Gasteiger partial charge >= 0.3 is 0 Å². The summed E-state index contributed by atoms with van der Waals surface area (Å²) in [6.07, 6.45) is 3.54. The SMILES string of the molecule is NCC#Cc1ccc(OCCn2cccn2)cc1F. The molecule has 5 heteroatoms. The molecule has 0 radical (unpaired) electrons. The van der Waals surface area contributed by atoms with Gasteiger partial charge in [0.1, 0.15) is 18.2 Å². The molecule has 0 aliphatic carbocycles. The third-order valence-electron chi connectivity index (χ3n) is 2.41. The molecule has 1 aromatic carbocycles. The number of aromatic nitrogens is 2. The van der Waals surface area contributed by atoms with E-state index in [1.165, 1.54) is 6.07 Å². The molecule has 0 aliphatic heterocycles. The van der Waals surface area contributed by atoms with Crippen molar-refractivity contribution in [1.29, 1.82) is 0 Å². The van der Waals surface area contributed by atoms with Crippen molar-refractivity contribution in [3.63, 3.8) is 0 Å².